The average molecular weight is 334 g/mol. The van der Waals surface area contributed by atoms with Crippen LogP contribution in [0.5, 0.6) is 0 Å². The molecule has 1 aliphatic heterocycles. The van der Waals surface area contributed by atoms with Crippen LogP contribution in [0, 0.1) is 19.3 Å². The molecular weight excluding hydrogens is 304 g/mol. The number of nitrogens with zero attached hydrogens (tertiary/aromatic N) is 2. The van der Waals surface area contributed by atoms with Gasteiger partial charge in [-0.15, -0.1) is 0 Å². The Morgan fingerprint density at radius 2 is 1.75 bits per heavy atom. The van der Waals surface area contributed by atoms with Crippen LogP contribution in [0.15, 0.2) is 6.07 Å². The Labute approximate surface area is 144 Å². The number of H-pyrrole nitrogens is 1. The molecular formula is C18H30N4O2. The van der Waals surface area contributed by atoms with E-state index in [4.69, 9.17) is 0 Å². The predicted octanol–water partition coefficient (Wildman–Crippen LogP) is 2.54. The Morgan fingerprint density at radius 3 is 2.33 bits per heavy atom. The highest BCUT2D eigenvalue weighted by molar-refractivity contribution is 5.95. The smallest absolute Gasteiger partial charge is 0.317 e. The summed E-state index contributed by atoms with van der Waals surface area (Å²) in [6.45, 7) is 13.3. The maximum atomic E-state index is 12.7. The lowest BCUT2D eigenvalue weighted by Crippen LogP contribution is -2.44. The van der Waals surface area contributed by atoms with Gasteiger partial charge in [-0.1, -0.05) is 20.8 Å². The minimum Gasteiger partial charge on any atom is -0.362 e. The van der Waals surface area contributed by atoms with Gasteiger partial charge in [-0.2, -0.15) is 0 Å². The van der Waals surface area contributed by atoms with Crippen LogP contribution in [-0.4, -0.2) is 59.4 Å². The summed E-state index contributed by atoms with van der Waals surface area (Å²) in [6.07, 6.45) is 0.803. The van der Waals surface area contributed by atoms with E-state index in [1.54, 1.807) is 0 Å². The Morgan fingerprint density at radius 1 is 1.12 bits per heavy atom. The summed E-state index contributed by atoms with van der Waals surface area (Å²) in [5.74, 6) is 0.0498. The topological polar surface area (TPSA) is 68.4 Å². The van der Waals surface area contributed by atoms with Crippen LogP contribution in [0.4, 0.5) is 4.79 Å². The summed E-state index contributed by atoms with van der Waals surface area (Å²) in [5.41, 5.74) is 2.70. The van der Waals surface area contributed by atoms with Gasteiger partial charge in [0.25, 0.3) is 5.91 Å². The van der Waals surface area contributed by atoms with E-state index in [0.717, 1.165) is 23.4 Å². The molecule has 1 aromatic rings. The molecule has 0 spiro atoms. The summed E-state index contributed by atoms with van der Waals surface area (Å²) < 4.78 is 0. The van der Waals surface area contributed by atoms with Gasteiger partial charge in [0.15, 0.2) is 0 Å². The van der Waals surface area contributed by atoms with E-state index in [1.807, 2.05) is 29.7 Å². The summed E-state index contributed by atoms with van der Waals surface area (Å²) in [4.78, 5) is 31.9. The van der Waals surface area contributed by atoms with Gasteiger partial charge < -0.3 is 20.1 Å². The third kappa shape index (κ3) is 4.76. The third-order valence-electron chi connectivity index (χ3n) is 4.22. The van der Waals surface area contributed by atoms with Crippen molar-refractivity contribution in [1.82, 2.24) is 20.1 Å². The van der Waals surface area contributed by atoms with Crippen LogP contribution in [-0.2, 0) is 0 Å². The first kappa shape index (κ1) is 18.4. The maximum Gasteiger partial charge on any atom is 0.317 e. The van der Waals surface area contributed by atoms with E-state index >= 15 is 0 Å². The highest BCUT2D eigenvalue weighted by Gasteiger charge is 2.24. The van der Waals surface area contributed by atoms with Crippen LogP contribution in [0.1, 0.15) is 48.9 Å². The van der Waals surface area contributed by atoms with E-state index in [9.17, 15) is 9.59 Å². The molecule has 2 heterocycles. The van der Waals surface area contributed by atoms with Crippen LogP contribution >= 0.6 is 0 Å². The summed E-state index contributed by atoms with van der Waals surface area (Å²) in [6, 6.07) is 1.86. The van der Waals surface area contributed by atoms with E-state index in [1.165, 1.54) is 0 Å². The van der Waals surface area contributed by atoms with Gasteiger partial charge in [0.1, 0.15) is 0 Å². The number of urea groups is 1. The summed E-state index contributed by atoms with van der Waals surface area (Å²) in [5, 5.41) is 2.99. The van der Waals surface area contributed by atoms with Gasteiger partial charge in [-0.05, 0) is 31.7 Å². The molecule has 0 unspecified atom stereocenters. The molecule has 0 aromatic carbocycles. The summed E-state index contributed by atoms with van der Waals surface area (Å²) >= 11 is 0. The molecule has 6 nitrogen and oxygen atoms in total. The van der Waals surface area contributed by atoms with Crippen LogP contribution < -0.4 is 5.32 Å². The van der Waals surface area contributed by atoms with E-state index < -0.39 is 0 Å². The van der Waals surface area contributed by atoms with Crippen molar-refractivity contribution in [2.24, 2.45) is 5.41 Å². The minimum atomic E-state index is -0.0344. The van der Waals surface area contributed by atoms with Gasteiger partial charge in [0.05, 0.1) is 5.56 Å². The lowest BCUT2D eigenvalue weighted by atomic mass is 9.97. The highest BCUT2D eigenvalue weighted by Crippen LogP contribution is 2.15. The molecule has 134 valence electrons. The Kier molecular flexibility index (Phi) is 5.57. The number of hydrogen-bond acceptors (Lipinski definition) is 2. The monoisotopic (exact) mass is 334 g/mol. The zero-order valence-electron chi connectivity index (χ0n) is 15.5. The predicted molar refractivity (Wildman–Crippen MR) is 95.2 cm³/mol. The second-order valence-electron chi connectivity index (χ2n) is 7.84. The van der Waals surface area contributed by atoms with Crippen LogP contribution in [0.2, 0.25) is 0 Å². The molecule has 2 rings (SSSR count). The molecule has 0 saturated carbocycles. The molecule has 2 N–H and O–H groups in total. The molecule has 1 fully saturated rings. The number of nitrogens with one attached hydrogen (secondary N) is 2. The van der Waals surface area contributed by atoms with Gasteiger partial charge in [-0.25, -0.2) is 4.79 Å². The lowest BCUT2D eigenvalue weighted by Gasteiger charge is -2.25. The van der Waals surface area contributed by atoms with Gasteiger partial charge >= 0.3 is 6.03 Å². The molecule has 24 heavy (non-hydrogen) atoms. The second-order valence-corrected chi connectivity index (χ2v) is 7.84. The van der Waals surface area contributed by atoms with Crippen molar-refractivity contribution in [3.05, 3.63) is 23.0 Å². The first-order valence-corrected chi connectivity index (χ1v) is 8.65. The number of aryl methyl sites for hydroxylation is 2. The molecule has 0 atom stereocenters. The Hall–Kier alpha value is -1.98. The molecule has 0 radical (unpaired) electrons. The average Bonchev–Trinajstić information content (AvgIpc) is 2.71. The Bertz CT molecular complexity index is 601. The standard InChI is InChI=1S/C18H30N4O2/c1-13-11-15(14(2)20-13)16(23)21-7-6-8-22(10-9-21)17(24)19-12-18(3,4)5/h11,20H,6-10,12H2,1-5H3,(H,19,24). The van der Waals surface area contributed by atoms with Gasteiger partial charge in [0, 0.05) is 44.1 Å². The first-order chi connectivity index (χ1) is 11.2. The maximum absolute atomic E-state index is 12.7. The van der Waals surface area contributed by atoms with E-state index in [2.05, 4.69) is 31.1 Å². The molecule has 1 aliphatic rings. The van der Waals surface area contributed by atoms with Crippen molar-refractivity contribution in [3.63, 3.8) is 0 Å². The highest BCUT2D eigenvalue weighted by atomic mass is 16.2. The lowest BCUT2D eigenvalue weighted by molar-refractivity contribution is 0.0761. The van der Waals surface area contributed by atoms with Crippen molar-refractivity contribution >= 4 is 11.9 Å². The molecule has 3 amide bonds. The number of amides is 3. The van der Waals surface area contributed by atoms with Crippen molar-refractivity contribution in [3.8, 4) is 0 Å². The Balaban J connectivity index is 1.94. The third-order valence-corrected chi connectivity index (χ3v) is 4.22. The van der Waals surface area contributed by atoms with Crippen LogP contribution in [0.25, 0.3) is 0 Å². The molecule has 6 heteroatoms. The van der Waals surface area contributed by atoms with E-state index in [0.29, 0.717) is 32.7 Å². The largest absolute Gasteiger partial charge is 0.362 e. The first-order valence-electron chi connectivity index (χ1n) is 8.65. The number of carbonyl (C=O) groups excluding carboxylic acids is 2. The van der Waals surface area contributed by atoms with E-state index in [-0.39, 0.29) is 17.4 Å². The fourth-order valence-electron chi connectivity index (χ4n) is 2.89. The van der Waals surface area contributed by atoms with Crippen molar-refractivity contribution < 1.29 is 9.59 Å². The summed E-state index contributed by atoms with van der Waals surface area (Å²) in [7, 11) is 0. The second kappa shape index (κ2) is 7.28. The van der Waals surface area contributed by atoms with Crippen molar-refractivity contribution in [1.29, 1.82) is 0 Å². The molecule has 0 aliphatic carbocycles. The molecule has 1 aromatic heterocycles. The number of aromatic nitrogens is 1. The minimum absolute atomic E-state index is 0.0344. The fraction of sp³-hybridized carbons (Fsp3) is 0.667. The number of aromatic amines is 1. The molecule has 1 saturated heterocycles. The quantitative estimate of drug-likeness (QED) is 0.873. The van der Waals surface area contributed by atoms with Crippen molar-refractivity contribution in [2.45, 2.75) is 41.0 Å². The van der Waals surface area contributed by atoms with Gasteiger partial charge in [0.2, 0.25) is 0 Å². The number of carbonyl (C=O) groups is 2. The SMILES string of the molecule is Cc1cc(C(=O)N2CCCN(C(=O)NCC(C)(C)C)CC2)c(C)[nH]1. The zero-order chi connectivity index (χ0) is 17.9. The number of rotatable bonds is 2. The number of hydrogen-bond donors (Lipinski definition) is 2. The molecule has 0 bridgehead atoms. The normalized spacial score (nSPS) is 16.0. The fourth-order valence-corrected chi connectivity index (χ4v) is 2.89. The zero-order valence-corrected chi connectivity index (χ0v) is 15.5. The van der Waals surface area contributed by atoms with Gasteiger partial charge in [-0.3, -0.25) is 4.79 Å². The van der Waals surface area contributed by atoms with Crippen molar-refractivity contribution in [2.75, 3.05) is 32.7 Å². The van der Waals surface area contributed by atoms with Crippen LogP contribution in [0.3, 0.4) is 0 Å².